The van der Waals surface area contributed by atoms with E-state index in [0.717, 1.165) is 25.9 Å². The molecule has 1 aromatic rings. The number of rotatable bonds is 5. The molecular weight excluding hydrogens is 258 g/mol. The summed E-state index contributed by atoms with van der Waals surface area (Å²) in [5.74, 6) is 0.403. The van der Waals surface area contributed by atoms with Gasteiger partial charge in [0.1, 0.15) is 0 Å². The van der Waals surface area contributed by atoms with Crippen LogP contribution in [0.2, 0.25) is 0 Å². The van der Waals surface area contributed by atoms with E-state index in [4.69, 9.17) is 0 Å². The fraction of sp³-hybridized carbons (Fsp3) is 0.684. The first-order valence-corrected chi connectivity index (χ1v) is 8.36. The molecule has 1 N–H and O–H groups in total. The average Bonchev–Trinajstić information content (AvgIpc) is 2.44. The second kappa shape index (κ2) is 6.93. The van der Waals surface area contributed by atoms with E-state index in [2.05, 4.69) is 62.9 Å². The maximum absolute atomic E-state index is 10.7. The predicted molar refractivity (Wildman–Crippen MR) is 89.1 cm³/mol. The maximum Gasteiger partial charge on any atom is 0.0631 e. The van der Waals surface area contributed by atoms with Gasteiger partial charge in [-0.25, -0.2) is 0 Å². The molecular formula is C19H31NO. The van der Waals surface area contributed by atoms with Crippen LogP contribution < -0.4 is 0 Å². The lowest BCUT2D eigenvalue weighted by molar-refractivity contribution is -0.0466. The molecule has 1 aliphatic carbocycles. The van der Waals surface area contributed by atoms with Crippen molar-refractivity contribution >= 4 is 0 Å². The van der Waals surface area contributed by atoms with E-state index >= 15 is 0 Å². The number of hydrogen-bond acceptors (Lipinski definition) is 2. The van der Waals surface area contributed by atoms with Gasteiger partial charge in [-0.3, -0.25) is 4.90 Å². The van der Waals surface area contributed by atoms with Crippen molar-refractivity contribution in [2.45, 2.75) is 65.6 Å². The number of benzene rings is 1. The molecule has 0 radical (unpaired) electrons. The van der Waals surface area contributed by atoms with Crippen molar-refractivity contribution in [2.75, 3.05) is 6.54 Å². The molecule has 0 heterocycles. The Balaban J connectivity index is 2.03. The third-order valence-corrected chi connectivity index (χ3v) is 5.07. The Morgan fingerprint density at radius 3 is 2.52 bits per heavy atom. The molecule has 1 fully saturated rings. The molecule has 1 saturated carbocycles. The summed E-state index contributed by atoms with van der Waals surface area (Å²) in [6.07, 6.45) is 3.36. The summed E-state index contributed by atoms with van der Waals surface area (Å²) in [5, 5.41) is 10.7. The summed E-state index contributed by atoms with van der Waals surface area (Å²) in [4.78, 5) is 2.50. The number of hydrogen-bond donors (Lipinski definition) is 1. The van der Waals surface area contributed by atoms with Crippen molar-refractivity contribution < 1.29 is 5.11 Å². The molecule has 118 valence electrons. The predicted octanol–water partition coefficient (Wildman–Crippen LogP) is 4.08. The molecule has 21 heavy (non-hydrogen) atoms. The largest absolute Gasteiger partial charge is 0.392 e. The van der Waals surface area contributed by atoms with E-state index in [1.807, 2.05) is 0 Å². The molecule has 0 bridgehead atoms. The van der Waals surface area contributed by atoms with Gasteiger partial charge in [0.05, 0.1) is 6.10 Å². The fourth-order valence-corrected chi connectivity index (χ4v) is 3.53. The minimum atomic E-state index is -0.178. The van der Waals surface area contributed by atoms with Gasteiger partial charge in [0, 0.05) is 19.1 Å². The van der Waals surface area contributed by atoms with Gasteiger partial charge >= 0.3 is 0 Å². The molecule has 2 unspecified atom stereocenters. The van der Waals surface area contributed by atoms with E-state index in [9.17, 15) is 5.11 Å². The monoisotopic (exact) mass is 289 g/mol. The summed E-state index contributed by atoms with van der Waals surface area (Å²) in [7, 11) is 0. The van der Waals surface area contributed by atoms with Crippen molar-refractivity contribution in [3.05, 3.63) is 35.9 Å². The Hall–Kier alpha value is -0.860. The SMILES string of the molecule is CC(C)N(Cc1ccccc1)CC1CCCC(C)(C)C1O. The van der Waals surface area contributed by atoms with Crippen LogP contribution in [0.3, 0.4) is 0 Å². The molecule has 0 saturated heterocycles. The minimum absolute atomic E-state index is 0.0678. The minimum Gasteiger partial charge on any atom is -0.392 e. The molecule has 2 atom stereocenters. The Labute approximate surface area is 130 Å². The Kier molecular flexibility index (Phi) is 5.45. The van der Waals surface area contributed by atoms with Crippen molar-refractivity contribution in [1.82, 2.24) is 4.90 Å². The van der Waals surface area contributed by atoms with Gasteiger partial charge in [-0.05, 0) is 43.6 Å². The van der Waals surface area contributed by atoms with Crippen LogP contribution in [0.4, 0.5) is 0 Å². The fourth-order valence-electron chi connectivity index (χ4n) is 3.53. The van der Waals surface area contributed by atoms with Gasteiger partial charge in [-0.2, -0.15) is 0 Å². The number of nitrogens with zero attached hydrogens (tertiary/aromatic N) is 1. The van der Waals surface area contributed by atoms with Gasteiger partial charge in [0.15, 0.2) is 0 Å². The summed E-state index contributed by atoms with van der Waals surface area (Å²) in [6.45, 7) is 10.9. The first-order valence-electron chi connectivity index (χ1n) is 8.36. The molecule has 0 aliphatic heterocycles. The first-order chi connectivity index (χ1) is 9.90. The Morgan fingerprint density at radius 1 is 1.24 bits per heavy atom. The lowest BCUT2D eigenvalue weighted by Gasteiger charge is -2.43. The Morgan fingerprint density at radius 2 is 1.90 bits per heavy atom. The summed E-state index contributed by atoms with van der Waals surface area (Å²) >= 11 is 0. The number of aliphatic hydroxyl groups is 1. The Bertz CT molecular complexity index is 426. The van der Waals surface area contributed by atoms with Crippen LogP contribution in [-0.4, -0.2) is 28.7 Å². The van der Waals surface area contributed by atoms with E-state index in [1.54, 1.807) is 0 Å². The molecule has 2 heteroatoms. The van der Waals surface area contributed by atoms with Crippen LogP contribution in [0.5, 0.6) is 0 Å². The third-order valence-electron chi connectivity index (χ3n) is 5.07. The zero-order valence-corrected chi connectivity index (χ0v) is 14.0. The zero-order valence-electron chi connectivity index (χ0n) is 14.0. The van der Waals surface area contributed by atoms with Gasteiger partial charge in [0.25, 0.3) is 0 Å². The number of aliphatic hydroxyl groups excluding tert-OH is 1. The second-order valence-corrected chi connectivity index (χ2v) is 7.59. The highest BCUT2D eigenvalue weighted by Crippen LogP contribution is 2.39. The van der Waals surface area contributed by atoms with Crippen molar-refractivity contribution in [1.29, 1.82) is 0 Å². The molecule has 1 aromatic carbocycles. The standard InChI is InChI=1S/C19H31NO/c1-15(2)20(13-16-9-6-5-7-10-16)14-17-11-8-12-19(3,4)18(17)21/h5-7,9-10,15,17-18,21H,8,11-14H2,1-4H3. The van der Waals surface area contributed by atoms with E-state index in [-0.39, 0.29) is 11.5 Å². The quantitative estimate of drug-likeness (QED) is 0.882. The molecule has 0 aromatic heterocycles. The van der Waals surface area contributed by atoms with Gasteiger partial charge < -0.3 is 5.11 Å². The lowest BCUT2D eigenvalue weighted by Crippen LogP contribution is -2.46. The highest BCUT2D eigenvalue weighted by atomic mass is 16.3. The normalized spacial score (nSPS) is 25.5. The van der Waals surface area contributed by atoms with Gasteiger partial charge in [0.2, 0.25) is 0 Å². The van der Waals surface area contributed by atoms with Crippen LogP contribution in [0.25, 0.3) is 0 Å². The van der Waals surface area contributed by atoms with Crippen molar-refractivity contribution in [3.63, 3.8) is 0 Å². The van der Waals surface area contributed by atoms with E-state index in [1.165, 1.54) is 12.0 Å². The van der Waals surface area contributed by atoms with Crippen LogP contribution >= 0.6 is 0 Å². The molecule has 2 nitrogen and oxygen atoms in total. The van der Waals surface area contributed by atoms with Crippen molar-refractivity contribution in [2.24, 2.45) is 11.3 Å². The average molecular weight is 289 g/mol. The second-order valence-electron chi connectivity index (χ2n) is 7.59. The summed E-state index contributed by atoms with van der Waals surface area (Å²) in [5.41, 5.74) is 1.42. The smallest absolute Gasteiger partial charge is 0.0631 e. The third kappa shape index (κ3) is 4.31. The topological polar surface area (TPSA) is 23.5 Å². The van der Waals surface area contributed by atoms with Gasteiger partial charge in [-0.15, -0.1) is 0 Å². The molecule has 1 aliphatic rings. The maximum atomic E-state index is 10.7. The van der Waals surface area contributed by atoms with E-state index < -0.39 is 0 Å². The summed E-state index contributed by atoms with van der Waals surface area (Å²) < 4.78 is 0. The van der Waals surface area contributed by atoms with Crippen molar-refractivity contribution in [3.8, 4) is 0 Å². The molecule has 0 spiro atoms. The van der Waals surface area contributed by atoms with E-state index in [0.29, 0.717) is 12.0 Å². The van der Waals surface area contributed by atoms with Crippen LogP contribution in [0.15, 0.2) is 30.3 Å². The zero-order chi connectivity index (χ0) is 15.5. The summed E-state index contributed by atoms with van der Waals surface area (Å²) in [6, 6.07) is 11.2. The highest BCUT2D eigenvalue weighted by molar-refractivity contribution is 5.14. The van der Waals surface area contributed by atoms with Crippen LogP contribution in [-0.2, 0) is 6.54 Å². The molecule has 2 rings (SSSR count). The van der Waals surface area contributed by atoms with Crippen LogP contribution in [0.1, 0.15) is 52.5 Å². The van der Waals surface area contributed by atoms with Gasteiger partial charge in [-0.1, -0.05) is 50.6 Å². The molecule has 0 amide bonds. The first kappa shape index (κ1) is 16.5. The van der Waals surface area contributed by atoms with Crippen LogP contribution in [0, 0.1) is 11.3 Å². The highest BCUT2D eigenvalue weighted by Gasteiger charge is 2.38. The lowest BCUT2D eigenvalue weighted by atomic mass is 9.69.